The fourth-order valence-corrected chi connectivity index (χ4v) is 3.63. The number of rotatable bonds is 4. The van der Waals surface area contributed by atoms with E-state index in [9.17, 15) is 18.0 Å². The molecule has 0 saturated heterocycles. The molecular formula is C18H18N2O5S. The summed E-state index contributed by atoms with van der Waals surface area (Å²) in [7, 11) is -4.15. The average Bonchev–Trinajstić information content (AvgIpc) is 2.53. The van der Waals surface area contributed by atoms with E-state index in [-0.39, 0.29) is 27.5 Å². The molecule has 3 rings (SSSR count). The Hall–Kier alpha value is -2.87. The molecule has 8 heteroatoms. The van der Waals surface area contributed by atoms with Crippen molar-refractivity contribution in [3.63, 3.8) is 0 Å². The minimum absolute atomic E-state index is 0.0580. The molecule has 0 aliphatic rings. The van der Waals surface area contributed by atoms with Crippen LogP contribution in [-0.2, 0) is 10.1 Å². The van der Waals surface area contributed by atoms with Crippen molar-refractivity contribution in [1.29, 1.82) is 0 Å². The molecule has 0 unspecified atom stereocenters. The zero-order valence-corrected chi connectivity index (χ0v) is 15.3. The number of hydrogen-bond acceptors (Lipinski definition) is 5. The summed E-state index contributed by atoms with van der Waals surface area (Å²) in [4.78, 5) is 27.6. The standard InChI is InChI=1S/C18H18N2O5S/c1-10(2)13-6-4-11(3)8-16(13)25-26(23,24)12-5-7-15-14(9-12)17(21)20-18(22)19-15/h4-10H,1-3H3,(H2,19,20,21,22). The first-order valence-electron chi connectivity index (χ1n) is 7.99. The van der Waals surface area contributed by atoms with Gasteiger partial charge in [-0.25, -0.2) is 4.79 Å². The summed E-state index contributed by atoms with van der Waals surface area (Å²) in [6.45, 7) is 5.72. The van der Waals surface area contributed by atoms with Gasteiger partial charge in [0.25, 0.3) is 5.56 Å². The van der Waals surface area contributed by atoms with Gasteiger partial charge in [-0.1, -0.05) is 26.0 Å². The Kier molecular flexibility index (Phi) is 4.45. The molecule has 3 aromatic rings. The van der Waals surface area contributed by atoms with Crippen molar-refractivity contribution in [2.75, 3.05) is 0 Å². The highest BCUT2D eigenvalue weighted by atomic mass is 32.2. The van der Waals surface area contributed by atoms with Crippen molar-refractivity contribution >= 4 is 21.0 Å². The Labute approximate surface area is 149 Å². The highest BCUT2D eigenvalue weighted by Gasteiger charge is 2.21. The van der Waals surface area contributed by atoms with Crippen molar-refractivity contribution in [2.24, 2.45) is 0 Å². The number of H-pyrrole nitrogens is 2. The molecule has 0 bridgehead atoms. The van der Waals surface area contributed by atoms with Gasteiger partial charge in [0, 0.05) is 0 Å². The SMILES string of the molecule is Cc1ccc(C(C)C)c(OS(=O)(=O)c2ccc3[nH]c(=O)[nH]c(=O)c3c2)c1. The molecule has 2 N–H and O–H groups in total. The Morgan fingerprint density at radius 1 is 1.00 bits per heavy atom. The second kappa shape index (κ2) is 6.45. The Balaban J connectivity index is 2.10. The number of aromatic nitrogens is 2. The van der Waals surface area contributed by atoms with Gasteiger partial charge in [-0.3, -0.25) is 9.78 Å². The summed E-state index contributed by atoms with van der Waals surface area (Å²) >= 11 is 0. The summed E-state index contributed by atoms with van der Waals surface area (Å²) in [5, 5.41) is 0.0580. The van der Waals surface area contributed by atoms with Crippen LogP contribution in [0, 0.1) is 6.92 Å². The van der Waals surface area contributed by atoms with Gasteiger partial charge in [-0.2, -0.15) is 8.42 Å². The predicted octanol–water partition coefficient (Wildman–Crippen LogP) is 2.42. The van der Waals surface area contributed by atoms with Crippen LogP contribution in [-0.4, -0.2) is 18.4 Å². The lowest BCUT2D eigenvalue weighted by molar-refractivity contribution is 0.481. The first kappa shape index (κ1) is 17.9. The van der Waals surface area contributed by atoms with E-state index in [1.807, 2.05) is 32.9 Å². The highest BCUT2D eigenvalue weighted by Crippen LogP contribution is 2.30. The van der Waals surface area contributed by atoms with E-state index in [0.717, 1.165) is 11.1 Å². The fourth-order valence-electron chi connectivity index (χ4n) is 2.66. The summed E-state index contributed by atoms with van der Waals surface area (Å²) in [6, 6.07) is 9.23. The van der Waals surface area contributed by atoms with Gasteiger partial charge in [-0.15, -0.1) is 0 Å². The van der Waals surface area contributed by atoms with E-state index in [2.05, 4.69) is 9.97 Å². The van der Waals surface area contributed by atoms with Gasteiger partial charge in [0.1, 0.15) is 10.6 Å². The number of nitrogens with one attached hydrogen (secondary N) is 2. The van der Waals surface area contributed by atoms with Gasteiger partial charge in [0.15, 0.2) is 0 Å². The van der Waals surface area contributed by atoms with E-state index in [4.69, 9.17) is 4.18 Å². The molecule has 0 aliphatic carbocycles. The lowest BCUT2D eigenvalue weighted by Crippen LogP contribution is -2.22. The van der Waals surface area contributed by atoms with E-state index in [1.165, 1.54) is 18.2 Å². The minimum Gasteiger partial charge on any atom is -0.379 e. The lowest BCUT2D eigenvalue weighted by Gasteiger charge is -2.14. The molecule has 0 spiro atoms. The Bertz CT molecular complexity index is 1210. The van der Waals surface area contributed by atoms with Crippen molar-refractivity contribution in [1.82, 2.24) is 9.97 Å². The molecule has 0 radical (unpaired) electrons. The van der Waals surface area contributed by atoms with E-state index >= 15 is 0 Å². The lowest BCUT2D eigenvalue weighted by atomic mass is 10.0. The Morgan fingerprint density at radius 2 is 1.73 bits per heavy atom. The normalized spacial score (nSPS) is 11.8. The van der Waals surface area contributed by atoms with Crippen molar-refractivity contribution in [3.8, 4) is 5.75 Å². The van der Waals surface area contributed by atoms with Crippen LogP contribution in [0.2, 0.25) is 0 Å². The van der Waals surface area contributed by atoms with Gasteiger partial charge in [0.2, 0.25) is 0 Å². The zero-order valence-electron chi connectivity index (χ0n) is 14.5. The van der Waals surface area contributed by atoms with E-state index < -0.39 is 21.4 Å². The molecule has 7 nitrogen and oxygen atoms in total. The third kappa shape index (κ3) is 3.41. The molecule has 0 fully saturated rings. The second-order valence-corrected chi connectivity index (χ2v) is 7.90. The van der Waals surface area contributed by atoms with Crippen LogP contribution in [0.1, 0.15) is 30.9 Å². The van der Waals surface area contributed by atoms with Gasteiger partial charge in [-0.05, 0) is 48.2 Å². The van der Waals surface area contributed by atoms with Crippen molar-refractivity contribution in [3.05, 3.63) is 68.4 Å². The predicted molar refractivity (Wildman–Crippen MR) is 98.3 cm³/mol. The smallest absolute Gasteiger partial charge is 0.339 e. The maximum absolute atomic E-state index is 12.7. The Morgan fingerprint density at radius 3 is 2.42 bits per heavy atom. The number of benzene rings is 2. The van der Waals surface area contributed by atoms with Crippen LogP contribution in [0.3, 0.4) is 0 Å². The zero-order chi connectivity index (χ0) is 19.1. The number of aromatic amines is 2. The molecule has 0 saturated carbocycles. The quantitative estimate of drug-likeness (QED) is 0.682. The number of aryl methyl sites for hydroxylation is 1. The van der Waals surface area contributed by atoms with Crippen LogP contribution in [0.5, 0.6) is 5.75 Å². The molecule has 0 atom stereocenters. The van der Waals surface area contributed by atoms with Crippen molar-refractivity contribution in [2.45, 2.75) is 31.6 Å². The second-order valence-electron chi connectivity index (χ2n) is 6.35. The van der Waals surface area contributed by atoms with E-state index in [0.29, 0.717) is 0 Å². The molecule has 1 heterocycles. The molecule has 0 amide bonds. The first-order valence-corrected chi connectivity index (χ1v) is 9.39. The minimum atomic E-state index is -4.15. The van der Waals surface area contributed by atoms with Gasteiger partial charge >= 0.3 is 15.8 Å². The molecule has 26 heavy (non-hydrogen) atoms. The summed E-state index contributed by atoms with van der Waals surface area (Å²) in [5.41, 5.74) is 0.556. The number of fused-ring (bicyclic) bond motifs is 1. The third-order valence-electron chi connectivity index (χ3n) is 3.99. The maximum Gasteiger partial charge on any atom is 0.339 e. The summed E-state index contributed by atoms with van der Waals surface area (Å²) < 4.78 is 30.8. The van der Waals surface area contributed by atoms with Crippen molar-refractivity contribution < 1.29 is 12.6 Å². The summed E-state index contributed by atoms with van der Waals surface area (Å²) in [5.74, 6) is 0.334. The molecule has 1 aromatic heterocycles. The van der Waals surface area contributed by atoms with Crippen LogP contribution in [0.25, 0.3) is 10.9 Å². The fraction of sp³-hybridized carbons (Fsp3) is 0.222. The van der Waals surface area contributed by atoms with Crippen LogP contribution >= 0.6 is 0 Å². The maximum atomic E-state index is 12.7. The average molecular weight is 374 g/mol. The summed E-state index contributed by atoms with van der Waals surface area (Å²) in [6.07, 6.45) is 0. The molecular weight excluding hydrogens is 356 g/mol. The van der Waals surface area contributed by atoms with Crippen LogP contribution in [0.4, 0.5) is 0 Å². The largest absolute Gasteiger partial charge is 0.379 e. The molecule has 2 aromatic carbocycles. The first-order chi connectivity index (χ1) is 12.2. The van der Waals surface area contributed by atoms with Crippen LogP contribution < -0.4 is 15.4 Å². The monoisotopic (exact) mass is 374 g/mol. The highest BCUT2D eigenvalue weighted by molar-refractivity contribution is 7.87. The van der Waals surface area contributed by atoms with Crippen LogP contribution in [0.15, 0.2) is 50.9 Å². The third-order valence-corrected chi connectivity index (χ3v) is 5.22. The molecule has 136 valence electrons. The van der Waals surface area contributed by atoms with E-state index in [1.54, 1.807) is 6.07 Å². The topological polar surface area (TPSA) is 109 Å². The van der Waals surface area contributed by atoms with Gasteiger partial charge < -0.3 is 9.17 Å². The van der Waals surface area contributed by atoms with Gasteiger partial charge in [0.05, 0.1) is 10.9 Å². The molecule has 0 aliphatic heterocycles. The number of hydrogen-bond donors (Lipinski definition) is 2.